The highest BCUT2D eigenvalue weighted by atomic mass is 15.2. The third-order valence-electron chi connectivity index (χ3n) is 4.18. The van der Waals surface area contributed by atoms with Crippen LogP contribution in [0.3, 0.4) is 0 Å². The maximum absolute atomic E-state index is 4.44. The van der Waals surface area contributed by atoms with Crippen molar-refractivity contribution in [2.45, 2.75) is 57.9 Å². The smallest absolute Gasteiger partial charge is 0.128 e. The van der Waals surface area contributed by atoms with Crippen LogP contribution in [0, 0.1) is 0 Å². The summed E-state index contributed by atoms with van der Waals surface area (Å²) >= 11 is 0. The highest BCUT2D eigenvalue weighted by Gasteiger charge is 2.19. The van der Waals surface area contributed by atoms with Crippen LogP contribution in [0.5, 0.6) is 0 Å². The van der Waals surface area contributed by atoms with Gasteiger partial charge in [0.05, 0.1) is 0 Å². The van der Waals surface area contributed by atoms with Crippen LogP contribution in [-0.2, 0) is 0 Å². The zero-order chi connectivity index (χ0) is 14.0. The van der Waals surface area contributed by atoms with E-state index in [1.807, 2.05) is 12.3 Å². The number of aromatic nitrogens is 1. The van der Waals surface area contributed by atoms with Crippen molar-refractivity contribution < 1.29 is 0 Å². The average molecular weight is 275 g/mol. The second-order valence-corrected chi connectivity index (χ2v) is 5.82. The molecule has 0 atom stereocenters. The lowest BCUT2D eigenvalue weighted by Crippen LogP contribution is -2.43. The Kier molecular flexibility index (Phi) is 6.85. The molecule has 0 saturated carbocycles. The maximum atomic E-state index is 4.44. The molecule has 0 spiro atoms. The van der Waals surface area contributed by atoms with Gasteiger partial charge in [-0.05, 0) is 37.9 Å². The zero-order valence-electron chi connectivity index (χ0n) is 12.9. The molecule has 0 radical (unpaired) electrons. The number of pyridine rings is 1. The van der Waals surface area contributed by atoms with Crippen LogP contribution in [0.1, 0.15) is 51.9 Å². The van der Waals surface area contributed by atoms with Crippen molar-refractivity contribution in [2.75, 3.05) is 24.5 Å². The van der Waals surface area contributed by atoms with E-state index in [4.69, 9.17) is 0 Å². The van der Waals surface area contributed by atoms with Crippen molar-refractivity contribution in [3.05, 3.63) is 24.4 Å². The van der Waals surface area contributed by atoms with Crippen molar-refractivity contribution in [3.8, 4) is 0 Å². The van der Waals surface area contributed by atoms with Crippen molar-refractivity contribution in [1.82, 2.24) is 10.3 Å². The summed E-state index contributed by atoms with van der Waals surface area (Å²) in [5, 5.41) is 3.72. The second kappa shape index (κ2) is 8.96. The molecule has 1 aliphatic rings. The highest BCUT2D eigenvalue weighted by molar-refractivity contribution is 5.38. The van der Waals surface area contributed by atoms with Gasteiger partial charge in [-0.25, -0.2) is 4.98 Å². The molecule has 1 saturated heterocycles. The molecule has 1 fully saturated rings. The van der Waals surface area contributed by atoms with Crippen LogP contribution in [0.15, 0.2) is 24.4 Å². The minimum absolute atomic E-state index is 0.709. The summed E-state index contributed by atoms with van der Waals surface area (Å²) in [6.07, 6.45) is 11.2. The van der Waals surface area contributed by atoms with Gasteiger partial charge >= 0.3 is 0 Å². The minimum atomic E-state index is 0.709. The van der Waals surface area contributed by atoms with Gasteiger partial charge < -0.3 is 10.2 Å². The molecule has 2 rings (SSSR count). The van der Waals surface area contributed by atoms with Crippen molar-refractivity contribution in [2.24, 2.45) is 0 Å². The summed E-state index contributed by atoms with van der Waals surface area (Å²) in [5.41, 5.74) is 0. The summed E-state index contributed by atoms with van der Waals surface area (Å²) in [7, 11) is 0. The van der Waals surface area contributed by atoms with Gasteiger partial charge in [0.25, 0.3) is 0 Å². The quantitative estimate of drug-likeness (QED) is 0.735. The fourth-order valence-corrected chi connectivity index (χ4v) is 2.89. The number of anilines is 1. The first-order valence-corrected chi connectivity index (χ1v) is 8.29. The van der Waals surface area contributed by atoms with Gasteiger partial charge in [0.2, 0.25) is 0 Å². The summed E-state index contributed by atoms with van der Waals surface area (Å²) < 4.78 is 0. The Morgan fingerprint density at radius 1 is 1.15 bits per heavy atom. The second-order valence-electron chi connectivity index (χ2n) is 5.82. The number of hydrogen-bond acceptors (Lipinski definition) is 3. The summed E-state index contributed by atoms with van der Waals surface area (Å²) in [6.45, 7) is 5.72. The van der Waals surface area contributed by atoms with E-state index < -0.39 is 0 Å². The summed E-state index contributed by atoms with van der Waals surface area (Å²) in [5.74, 6) is 1.13. The van der Waals surface area contributed by atoms with Gasteiger partial charge in [-0.1, -0.05) is 38.7 Å². The Hall–Kier alpha value is -1.09. The molecule has 0 aliphatic carbocycles. The normalized spacial score (nSPS) is 16.6. The SMILES string of the molecule is CCCCCCCNC1CCN(c2ccccn2)CC1. The molecule has 1 N–H and O–H groups in total. The van der Waals surface area contributed by atoms with E-state index in [0.717, 1.165) is 18.9 Å². The first-order chi connectivity index (χ1) is 9.90. The summed E-state index contributed by atoms with van der Waals surface area (Å²) in [6, 6.07) is 6.88. The molecule has 1 aromatic heterocycles. The Bertz CT molecular complexity index is 345. The fraction of sp³-hybridized carbons (Fsp3) is 0.706. The lowest BCUT2D eigenvalue weighted by Gasteiger charge is -2.33. The molecule has 112 valence electrons. The molecule has 1 aliphatic heterocycles. The molecule has 2 heterocycles. The maximum Gasteiger partial charge on any atom is 0.128 e. The Balaban J connectivity index is 1.58. The van der Waals surface area contributed by atoms with Gasteiger partial charge in [0.15, 0.2) is 0 Å². The van der Waals surface area contributed by atoms with Gasteiger partial charge in [-0.3, -0.25) is 0 Å². The lowest BCUT2D eigenvalue weighted by atomic mass is 10.0. The van der Waals surface area contributed by atoms with Crippen LogP contribution in [0.4, 0.5) is 5.82 Å². The Labute approximate surface area is 123 Å². The number of nitrogens with one attached hydrogen (secondary N) is 1. The average Bonchev–Trinajstić information content (AvgIpc) is 2.52. The van der Waals surface area contributed by atoms with Gasteiger partial charge in [-0.2, -0.15) is 0 Å². The third-order valence-corrected chi connectivity index (χ3v) is 4.18. The van der Waals surface area contributed by atoms with Crippen molar-refractivity contribution in [1.29, 1.82) is 0 Å². The topological polar surface area (TPSA) is 28.2 Å². The van der Waals surface area contributed by atoms with E-state index in [0.29, 0.717) is 6.04 Å². The Morgan fingerprint density at radius 2 is 1.95 bits per heavy atom. The number of rotatable bonds is 8. The monoisotopic (exact) mass is 275 g/mol. The first kappa shape index (κ1) is 15.3. The zero-order valence-corrected chi connectivity index (χ0v) is 12.9. The molecule has 0 unspecified atom stereocenters. The number of piperidine rings is 1. The van der Waals surface area contributed by atoms with E-state index in [-0.39, 0.29) is 0 Å². The van der Waals surface area contributed by atoms with Crippen molar-refractivity contribution >= 4 is 5.82 Å². The first-order valence-electron chi connectivity index (χ1n) is 8.29. The van der Waals surface area contributed by atoms with E-state index >= 15 is 0 Å². The van der Waals surface area contributed by atoms with Crippen LogP contribution in [0.25, 0.3) is 0 Å². The number of nitrogens with zero attached hydrogens (tertiary/aromatic N) is 2. The van der Waals surface area contributed by atoms with E-state index in [1.165, 1.54) is 51.5 Å². The molecule has 20 heavy (non-hydrogen) atoms. The predicted molar refractivity (Wildman–Crippen MR) is 86.2 cm³/mol. The molecular weight excluding hydrogens is 246 g/mol. The molecule has 3 heteroatoms. The minimum Gasteiger partial charge on any atom is -0.357 e. The molecule has 0 bridgehead atoms. The standard InChI is InChI=1S/C17H29N3/c1-2-3-4-5-7-12-18-16-10-14-20(15-11-16)17-9-6-8-13-19-17/h6,8-9,13,16,18H,2-5,7,10-12,14-15H2,1H3. The molecule has 1 aromatic rings. The largest absolute Gasteiger partial charge is 0.357 e. The number of unbranched alkanes of at least 4 members (excludes halogenated alkanes) is 4. The van der Waals surface area contributed by atoms with Crippen LogP contribution in [-0.4, -0.2) is 30.7 Å². The lowest BCUT2D eigenvalue weighted by molar-refractivity contribution is 0.407. The van der Waals surface area contributed by atoms with Gasteiger partial charge in [0, 0.05) is 25.3 Å². The fourth-order valence-electron chi connectivity index (χ4n) is 2.89. The summed E-state index contributed by atoms with van der Waals surface area (Å²) in [4.78, 5) is 6.84. The highest BCUT2D eigenvalue weighted by Crippen LogP contribution is 2.17. The molecular formula is C17H29N3. The van der Waals surface area contributed by atoms with Crippen LogP contribution >= 0.6 is 0 Å². The van der Waals surface area contributed by atoms with E-state index in [9.17, 15) is 0 Å². The third kappa shape index (κ3) is 5.12. The number of hydrogen-bond donors (Lipinski definition) is 1. The predicted octanol–water partition coefficient (Wildman–Crippen LogP) is 3.61. The van der Waals surface area contributed by atoms with Crippen LogP contribution in [0.2, 0.25) is 0 Å². The molecule has 0 amide bonds. The van der Waals surface area contributed by atoms with E-state index in [1.54, 1.807) is 0 Å². The molecule has 3 nitrogen and oxygen atoms in total. The van der Waals surface area contributed by atoms with Crippen molar-refractivity contribution in [3.63, 3.8) is 0 Å². The van der Waals surface area contributed by atoms with Gasteiger partial charge in [0.1, 0.15) is 5.82 Å². The van der Waals surface area contributed by atoms with E-state index in [2.05, 4.69) is 34.3 Å². The molecule has 0 aromatic carbocycles. The van der Waals surface area contributed by atoms with Crippen LogP contribution < -0.4 is 10.2 Å². The van der Waals surface area contributed by atoms with Gasteiger partial charge in [-0.15, -0.1) is 0 Å². The Morgan fingerprint density at radius 3 is 2.65 bits per heavy atom.